The van der Waals surface area contributed by atoms with E-state index in [2.05, 4.69) is 12.2 Å². The number of allylic oxidation sites excluding steroid dienone is 1. The minimum atomic E-state index is -0.343. The molecule has 0 bridgehead atoms. The van der Waals surface area contributed by atoms with Crippen molar-refractivity contribution in [1.29, 1.82) is 0 Å². The molecule has 0 aromatic heterocycles. The summed E-state index contributed by atoms with van der Waals surface area (Å²) < 4.78 is 11.5. The highest BCUT2D eigenvalue weighted by atomic mass is 16.5. The maximum absolute atomic E-state index is 12.4. The van der Waals surface area contributed by atoms with Gasteiger partial charge in [0.05, 0.1) is 12.2 Å². The van der Waals surface area contributed by atoms with Crippen molar-refractivity contribution >= 4 is 12.0 Å². The third kappa shape index (κ3) is 5.04. The number of hydrogen-bond acceptors (Lipinski definition) is 3. The van der Waals surface area contributed by atoms with Gasteiger partial charge in [-0.05, 0) is 43.0 Å². The van der Waals surface area contributed by atoms with E-state index >= 15 is 0 Å². The molecule has 1 heterocycles. The van der Waals surface area contributed by atoms with E-state index in [0.717, 1.165) is 30.6 Å². The summed E-state index contributed by atoms with van der Waals surface area (Å²) in [7, 11) is 0. The Labute approximate surface area is 149 Å². The van der Waals surface area contributed by atoms with Crippen LogP contribution in [0.2, 0.25) is 0 Å². The van der Waals surface area contributed by atoms with Gasteiger partial charge in [0.15, 0.2) is 0 Å². The Hall–Kier alpha value is -2.39. The second-order valence-electron chi connectivity index (χ2n) is 6.24. The van der Waals surface area contributed by atoms with Crippen LogP contribution in [0.25, 0.3) is 6.08 Å². The average Bonchev–Trinajstić information content (AvgIpc) is 2.63. The SMILES string of the molecule is O=C(Oc1cccc2c1COCCCCCC/C=C\2)c1ccccc1. The monoisotopic (exact) mass is 336 g/mol. The second kappa shape index (κ2) is 9.19. The first kappa shape index (κ1) is 17.4. The van der Waals surface area contributed by atoms with Crippen molar-refractivity contribution in [3.05, 3.63) is 71.3 Å². The smallest absolute Gasteiger partial charge is 0.343 e. The molecule has 130 valence electrons. The van der Waals surface area contributed by atoms with E-state index < -0.39 is 0 Å². The molecule has 0 saturated heterocycles. The van der Waals surface area contributed by atoms with Crippen LogP contribution in [0.4, 0.5) is 0 Å². The van der Waals surface area contributed by atoms with Crippen LogP contribution in [0.1, 0.15) is 53.6 Å². The molecular weight excluding hydrogens is 312 g/mol. The summed E-state index contributed by atoms with van der Waals surface area (Å²) in [5.74, 6) is 0.233. The Kier molecular flexibility index (Phi) is 6.41. The van der Waals surface area contributed by atoms with Crippen molar-refractivity contribution in [2.45, 2.75) is 38.7 Å². The fraction of sp³-hybridized carbons (Fsp3) is 0.318. The summed E-state index contributed by atoms with van der Waals surface area (Å²) in [6.07, 6.45) is 10.1. The molecular formula is C22H24O3. The average molecular weight is 336 g/mol. The molecule has 1 aliphatic heterocycles. The molecule has 2 aromatic rings. The van der Waals surface area contributed by atoms with Gasteiger partial charge in [-0.2, -0.15) is 0 Å². The van der Waals surface area contributed by atoms with Crippen LogP contribution in [-0.2, 0) is 11.3 Å². The second-order valence-corrected chi connectivity index (χ2v) is 6.24. The summed E-state index contributed by atoms with van der Waals surface area (Å²) >= 11 is 0. The number of carbonyl (C=O) groups is 1. The predicted octanol–water partition coefficient (Wildman–Crippen LogP) is 5.40. The van der Waals surface area contributed by atoms with Gasteiger partial charge in [0.25, 0.3) is 0 Å². The van der Waals surface area contributed by atoms with Gasteiger partial charge in [-0.25, -0.2) is 4.79 Å². The molecule has 0 atom stereocenters. The quantitative estimate of drug-likeness (QED) is 0.544. The zero-order valence-electron chi connectivity index (χ0n) is 14.4. The summed E-state index contributed by atoms with van der Waals surface area (Å²) in [6, 6.07) is 14.9. The van der Waals surface area contributed by atoms with E-state index in [0.29, 0.717) is 17.9 Å². The zero-order chi connectivity index (χ0) is 17.3. The Balaban J connectivity index is 1.84. The van der Waals surface area contributed by atoms with Gasteiger partial charge >= 0.3 is 5.97 Å². The number of ether oxygens (including phenoxy) is 2. The number of benzene rings is 2. The summed E-state index contributed by atoms with van der Waals surface area (Å²) in [5.41, 5.74) is 2.53. The van der Waals surface area contributed by atoms with Crippen molar-refractivity contribution < 1.29 is 14.3 Å². The minimum Gasteiger partial charge on any atom is -0.423 e. The minimum absolute atomic E-state index is 0.343. The first-order valence-electron chi connectivity index (χ1n) is 8.98. The van der Waals surface area contributed by atoms with Crippen LogP contribution >= 0.6 is 0 Å². The molecule has 3 heteroatoms. The zero-order valence-corrected chi connectivity index (χ0v) is 14.4. The lowest BCUT2D eigenvalue weighted by Gasteiger charge is -2.14. The van der Waals surface area contributed by atoms with Crippen molar-refractivity contribution in [3.8, 4) is 5.75 Å². The van der Waals surface area contributed by atoms with Gasteiger partial charge in [0.2, 0.25) is 0 Å². The molecule has 0 unspecified atom stereocenters. The standard InChI is InChI=1S/C22H24O3/c23-22(19-12-7-5-8-13-19)25-21-15-10-14-18-11-6-3-1-2-4-9-16-24-17-20(18)21/h5-8,10-15H,1-4,9,16-17H2/b11-6-. The normalized spacial score (nSPS) is 16.8. The lowest BCUT2D eigenvalue weighted by molar-refractivity contribution is 0.0723. The molecule has 25 heavy (non-hydrogen) atoms. The highest BCUT2D eigenvalue weighted by Gasteiger charge is 2.14. The first-order valence-corrected chi connectivity index (χ1v) is 8.98. The van der Waals surface area contributed by atoms with E-state index in [-0.39, 0.29) is 5.97 Å². The van der Waals surface area contributed by atoms with Crippen molar-refractivity contribution in [3.63, 3.8) is 0 Å². The molecule has 0 N–H and O–H groups in total. The van der Waals surface area contributed by atoms with Gasteiger partial charge < -0.3 is 9.47 Å². The predicted molar refractivity (Wildman–Crippen MR) is 99.6 cm³/mol. The van der Waals surface area contributed by atoms with E-state index in [1.807, 2.05) is 36.4 Å². The third-order valence-electron chi connectivity index (χ3n) is 4.33. The molecule has 0 amide bonds. The van der Waals surface area contributed by atoms with E-state index in [9.17, 15) is 4.79 Å². The Morgan fingerprint density at radius 3 is 2.64 bits per heavy atom. The molecule has 3 rings (SSSR count). The molecule has 3 nitrogen and oxygen atoms in total. The summed E-state index contributed by atoms with van der Waals surface area (Å²) in [4.78, 5) is 12.4. The number of carbonyl (C=O) groups excluding carboxylic acids is 1. The maximum Gasteiger partial charge on any atom is 0.343 e. The maximum atomic E-state index is 12.4. The summed E-state index contributed by atoms with van der Waals surface area (Å²) in [5, 5.41) is 0. The molecule has 1 aliphatic rings. The fourth-order valence-electron chi connectivity index (χ4n) is 2.93. The van der Waals surface area contributed by atoms with Crippen molar-refractivity contribution in [1.82, 2.24) is 0 Å². The highest BCUT2D eigenvalue weighted by Crippen LogP contribution is 2.26. The molecule has 0 fully saturated rings. The summed E-state index contributed by atoms with van der Waals surface area (Å²) in [6.45, 7) is 1.20. The first-order chi connectivity index (χ1) is 12.3. The number of rotatable bonds is 2. The van der Waals surface area contributed by atoms with Gasteiger partial charge in [0.1, 0.15) is 5.75 Å². The fourth-order valence-corrected chi connectivity index (χ4v) is 2.93. The molecule has 2 aromatic carbocycles. The van der Waals surface area contributed by atoms with Gasteiger partial charge in [-0.1, -0.05) is 55.3 Å². The molecule has 0 spiro atoms. The van der Waals surface area contributed by atoms with Crippen LogP contribution < -0.4 is 4.74 Å². The molecule has 0 aliphatic carbocycles. The van der Waals surface area contributed by atoms with Gasteiger partial charge in [-0.3, -0.25) is 0 Å². The van der Waals surface area contributed by atoms with Crippen LogP contribution in [-0.4, -0.2) is 12.6 Å². The molecule has 0 radical (unpaired) electrons. The van der Waals surface area contributed by atoms with E-state index in [1.165, 1.54) is 19.3 Å². The third-order valence-corrected chi connectivity index (χ3v) is 4.33. The Morgan fingerprint density at radius 2 is 1.76 bits per heavy atom. The van der Waals surface area contributed by atoms with Crippen molar-refractivity contribution in [2.24, 2.45) is 0 Å². The van der Waals surface area contributed by atoms with Gasteiger partial charge in [-0.15, -0.1) is 0 Å². The largest absolute Gasteiger partial charge is 0.423 e. The topological polar surface area (TPSA) is 35.5 Å². The van der Waals surface area contributed by atoms with Crippen LogP contribution in [0.3, 0.4) is 0 Å². The highest BCUT2D eigenvalue weighted by molar-refractivity contribution is 5.91. The lowest BCUT2D eigenvalue weighted by atomic mass is 10.0. The number of esters is 1. The van der Waals surface area contributed by atoms with E-state index in [4.69, 9.17) is 9.47 Å². The van der Waals surface area contributed by atoms with Crippen LogP contribution in [0.5, 0.6) is 5.75 Å². The van der Waals surface area contributed by atoms with Gasteiger partial charge in [0, 0.05) is 12.2 Å². The van der Waals surface area contributed by atoms with Crippen LogP contribution in [0, 0.1) is 0 Å². The van der Waals surface area contributed by atoms with Crippen LogP contribution in [0.15, 0.2) is 54.6 Å². The Morgan fingerprint density at radius 1 is 0.920 bits per heavy atom. The lowest BCUT2D eigenvalue weighted by Crippen LogP contribution is -2.11. The Bertz CT molecular complexity index is 719. The number of hydrogen-bond donors (Lipinski definition) is 0. The molecule has 0 saturated carbocycles. The number of fused-ring (bicyclic) bond motifs is 1. The van der Waals surface area contributed by atoms with E-state index in [1.54, 1.807) is 12.1 Å². The van der Waals surface area contributed by atoms with Crippen molar-refractivity contribution in [2.75, 3.05) is 6.61 Å².